The van der Waals surface area contributed by atoms with E-state index in [1.807, 2.05) is 6.07 Å². The first-order valence-electron chi connectivity index (χ1n) is 7.47. The number of cyclic esters (lactones) is 1. The molecule has 1 aromatic heterocycles. The number of aromatic nitrogens is 1. The van der Waals surface area contributed by atoms with Crippen LogP contribution in [-0.4, -0.2) is 35.0 Å². The zero-order chi connectivity index (χ0) is 16.7. The van der Waals surface area contributed by atoms with Gasteiger partial charge in [0, 0.05) is 5.69 Å². The number of oxazole rings is 1. The van der Waals surface area contributed by atoms with E-state index in [-0.39, 0.29) is 6.61 Å². The van der Waals surface area contributed by atoms with Crippen LogP contribution in [0.4, 0.5) is 10.5 Å². The van der Waals surface area contributed by atoms with Gasteiger partial charge in [0.15, 0.2) is 5.58 Å². The maximum atomic E-state index is 12.1. The molecule has 0 bridgehead atoms. The van der Waals surface area contributed by atoms with Gasteiger partial charge in [0.25, 0.3) is 0 Å². The van der Waals surface area contributed by atoms with Crippen molar-refractivity contribution in [2.75, 3.05) is 18.1 Å². The smallest absolute Gasteiger partial charge is 0.424 e. The van der Waals surface area contributed by atoms with Crippen molar-refractivity contribution in [3.05, 3.63) is 59.1 Å². The molecule has 4 rings (SSSR count). The number of fused-ring (bicyclic) bond motifs is 1. The Bertz CT molecular complexity index is 957. The number of rotatable bonds is 3. The number of carbonyl (C=O) groups is 1. The molecule has 0 unspecified atom stereocenters. The minimum absolute atomic E-state index is 0.212. The summed E-state index contributed by atoms with van der Waals surface area (Å²) in [6.45, 7) is 0.0833. The Labute approximate surface area is 136 Å². The fourth-order valence-corrected chi connectivity index (χ4v) is 2.82. The van der Waals surface area contributed by atoms with Crippen LogP contribution in [0.3, 0.4) is 0 Å². The number of nitrogens with zero attached hydrogens (tertiary/aromatic N) is 2. The molecule has 7 nitrogen and oxygen atoms in total. The number of amides is 1. The lowest BCUT2D eigenvalue weighted by Crippen LogP contribution is -2.25. The molecule has 0 radical (unpaired) electrons. The summed E-state index contributed by atoms with van der Waals surface area (Å²) in [7, 11) is 0. The SMILES string of the molecule is O=C1O[C@H](CO)CN1c1ccc(-n2c(=O)oc3ccccc32)cc1. The van der Waals surface area contributed by atoms with Gasteiger partial charge in [-0.1, -0.05) is 12.1 Å². The molecule has 1 fully saturated rings. The number of para-hydroxylation sites is 2. The first-order valence-corrected chi connectivity index (χ1v) is 7.47. The molecule has 1 amide bonds. The first kappa shape index (κ1) is 14.5. The van der Waals surface area contributed by atoms with Crippen LogP contribution >= 0.6 is 0 Å². The topological polar surface area (TPSA) is 84.9 Å². The highest BCUT2D eigenvalue weighted by Crippen LogP contribution is 2.24. The number of anilines is 1. The third-order valence-corrected chi connectivity index (χ3v) is 3.98. The molecule has 0 spiro atoms. The van der Waals surface area contributed by atoms with E-state index in [0.29, 0.717) is 29.0 Å². The number of carbonyl (C=O) groups excluding carboxylic acids is 1. The van der Waals surface area contributed by atoms with Gasteiger partial charge in [-0.25, -0.2) is 14.2 Å². The largest absolute Gasteiger partial charge is 0.441 e. The Kier molecular flexibility index (Phi) is 3.35. The van der Waals surface area contributed by atoms with E-state index in [1.165, 1.54) is 9.47 Å². The van der Waals surface area contributed by atoms with Gasteiger partial charge in [-0.05, 0) is 36.4 Å². The van der Waals surface area contributed by atoms with Gasteiger partial charge < -0.3 is 14.3 Å². The molecule has 1 N–H and O–H groups in total. The van der Waals surface area contributed by atoms with Gasteiger partial charge in [0.1, 0.15) is 6.10 Å². The predicted molar refractivity (Wildman–Crippen MR) is 86.5 cm³/mol. The number of hydrogen-bond acceptors (Lipinski definition) is 5. The number of hydrogen-bond donors (Lipinski definition) is 1. The second kappa shape index (κ2) is 5.54. The van der Waals surface area contributed by atoms with Crippen molar-refractivity contribution in [1.82, 2.24) is 4.57 Å². The Hall–Kier alpha value is -3.06. The normalized spacial score (nSPS) is 17.5. The summed E-state index contributed by atoms with van der Waals surface area (Å²) >= 11 is 0. The molecule has 0 saturated carbocycles. The van der Waals surface area contributed by atoms with Gasteiger partial charge in [0.05, 0.1) is 24.4 Å². The molecule has 1 aliphatic heterocycles. The van der Waals surface area contributed by atoms with Gasteiger partial charge in [0.2, 0.25) is 0 Å². The summed E-state index contributed by atoms with van der Waals surface area (Å²) < 4.78 is 11.7. The van der Waals surface area contributed by atoms with Crippen molar-refractivity contribution in [1.29, 1.82) is 0 Å². The minimum atomic E-state index is -0.516. The van der Waals surface area contributed by atoms with Crippen molar-refractivity contribution in [3.8, 4) is 5.69 Å². The standard InChI is InChI=1S/C17H14N2O5/c20-10-13-9-18(16(21)23-13)11-5-7-12(8-6-11)19-14-3-1-2-4-15(14)24-17(19)22/h1-8,13,20H,9-10H2/t13-/m0/s1. The lowest BCUT2D eigenvalue weighted by atomic mass is 10.2. The molecule has 7 heteroatoms. The molecule has 0 aliphatic carbocycles. The summed E-state index contributed by atoms with van der Waals surface area (Å²) in [6, 6.07) is 14.1. The highest BCUT2D eigenvalue weighted by atomic mass is 16.6. The molecule has 1 saturated heterocycles. The highest BCUT2D eigenvalue weighted by Gasteiger charge is 2.31. The van der Waals surface area contributed by atoms with E-state index >= 15 is 0 Å². The average molecular weight is 326 g/mol. The Morgan fingerprint density at radius 1 is 1.04 bits per heavy atom. The fourth-order valence-electron chi connectivity index (χ4n) is 2.82. The summed E-state index contributed by atoms with van der Waals surface area (Å²) in [5.74, 6) is -0.468. The minimum Gasteiger partial charge on any atom is -0.441 e. The molecule has 3 aromatic rings. The monoisotopic (exact) mass is 326 g/mol. The highest BCUT2D eigenvalue weighted by molar-refractivity contribution is 5.89. The molecule has 2 aromatic carbocycles. The van der Waals surface area contributed by atoms with Crippen LogP contribution < -0.4 is 10.7 Å². The Morgan fingerprint density at radius 3 is 2.46 bits per heavy atom. The summed E-state index contributed by atoms with van der Waals surface area (Å²) in [5, 5.41) is 9.10. The van der Waals surface area contributed by atoms with Crippen molar-refractivity contribution in [2.24, 2.45) is 0 Å². The number of ether oxygens (including phenoxy) is 1. The van der Waals surface area contributed by atoms with E-state index in [9.17, 15) is 9.59 Å². The predicted octanol–water partition coefficient (Wildman–Crippen LogP) is 1.90. The van der Waals surface area contributed by atoms with E-state index in [1.54, 1.807) is 42.5 Å². The summed E-state index contributed by atoms with van der Waals surface area (Å²) in [4.78, 5) is 25.4. The lowest BCUT2D eigenvalue weighted by molar-refractivity contribution is 0.0963. The second-order valence-electron chi connectivity index (χ2n) is 5.49. The van der Waals surface area contributed by atoms with E-state index in [0.717, 1.165) is 0 Å². The maximum Gasteiger partial charge on any atom is 0.424 e. The van der Waals surface area contributed by atoms with Gasteiger partial charge >= 0.3 is 11.8 Å². The number of aliphatic hydroxyl groups excluding tert-OH is 1. The summed E-state index contributed by atoms with van der Waals surface area (Å²) in [5.41, 5.74) is 2.47. The Morgan fingerprint density at radius 2 is 1.75 bits per heavy atom. The second-order valence-corrected chi connectivity index (χ2v) is 5.49. The number of benzene rings is 2. The van der Waals surface area contributed by atoms with Crippen molar-refractivity contribution in [2.45, 2.75) is 6.10 Å². The van der Waals surface area contributed by atoms with Crippen LogP contribution in [-0.2, 0) is 4.74 Å². The molecular formula is C17H14N2O5. The average Bonchev–Trinajstić information content (AvgIpc) is 3.14. The quantitative estimate of drug-likeness (QED) is 0.794. The van der Waals surface area contributed by atoms with Gasteiger partial charge in [-0.3, -0.25) is 4.90 Å². The summed E-state index contributed by atoms with van der Waals surface area (Å²) in [6.07, 6.45) is -1.01. The van der Waals surface area contributed by atoms with Crippen molar-refractivity contribution < 1.29 is 19.1 Å². The van der Waals surface area contributed by atoms with Gasteiger partial charge in [-0.15, -0.1) is 0 Å². The molecule has 1 aliphatic rings. The molecule has 122 valence electrons. The van der Waals surface area contributed by atoms with Crippen LogP contribution in [0.2, 0.25) is 0 Å². The van der Waals surface area contributed by atoms with E-state index in [4.69, 9.17) is 14.3 Å². The maximum absolute atomic E-state index is 12.1. The molecule has 1 atom stereocenters. The van der Waals surface area contributed by atoms with Crippen LogP contribution in [0.1, 0.15) is 0 Å². The molecule has 24 heavy (non-hydrogen) atoms. The van der Waals surface area contributed by atoms with Crippen LogP contribution in [0.15, 0.2) is 57.7 Å². The van der Waals surface area contributed by atoms with E-state index in [2.05, 4.69) is 0 Å². The molecular weight excluding hydrogens is 312 g/mol. The van der Waals surface area contributed by atoms with Crippen molar-refractivity contribution >= 4 is 22.9 Å². The van der Waals surface area contributed by atoms with E-state index < -0.39 is 18.0 Å². The third kappa shape index (κ3) is 2.26. The van der Waals surface area contributed by atoms with Crippen LogP contribution in [0.25, 0.3) is 16.8 Å². The van der Waals surface area contributed by atoms with Crippen LogP contribution in [0.5, 0.6) is 0 Å². The molecule has 2 heterocycles. The zero-order valence-electron chi connectivity index (χ0n) is 12.6. The van der Waals surface area contributed by atoms with Crippen LogP contribution in [0, 0.1) is 0 Å². The third-order valence-electron chi connectivity index (χ3n) is 3.98. The zero-order valence-corrected chi connectivity index (χ0v) is 12.6. The first-order chi connectivity index (χ1) is 11.7. The van der Waals surface area contributed by atoms with Crippen molar-refractivity contribution in [3.63, 3.8) is 0 Å². The fraction of sp³-hybridized carbons (Fsp3) is 0.176. The van der Waals surface area contributed by atoms with Gasteiger partial charge in [-0.2, -0.15) is 0 Å². The number of aliphatic hydroxyl groups is 1. The Balaban J connectivity index is 1.70. The lowest BCUT2D eigenvalue weighted by Gasteiger charge is -2.13.